The van der Waals surface area contributed by atoms with Gasteiger partial charge in [-0.2, -0.15) is 5.10 Å². The molecule has 1 rings (SSSR count). The maximum atomic E-state index is 9.59. The van der Waals surface area contributed by atoms with Crippen LogP contribution in [0.5, 0.6) is 0 Å². The van der Waals surface area contributed by atoms with E-state index in [1.165, 1.54) is 0 Å². The molecular weight excluding hydrogens is 190 g/mol. The normalized spacial score (nSPS) is 16.3. The molecule has 15 heavy (non-hydrogen) atoms. The number of hydrogen-bond donors (Lipinski definition) is 2. The summed E-state index contributed by atoms with van der Waals surface area (Å²) in [5, 5.41) is 17.1. The van der Waals surface area contributed by atoms with Crippen molar-refractivity contribution in [3.8, 4) is 0 Å². The van der Waals surface area contributed by atoms with Crippen molar-refractivity contribution >= 4 is 0 Å². The molecule has 0 fully saturated rings. The lowest BCUT2D eigenvalue weighted by atomic mass is 10.1. The van der Waals surface area contributed by atoms with Crippen LogP contribution in [-0.2, 0) is 0 Å². The molecule has 2 N–H and O–H groups in total. The first kappa shape index (κ1) is 12.2. The molecule has 86 valence electrons. The average molecular weight is 211 g/mol. The lowest BCUT2D eigenvalue weighted by molar-refractivity contribution is 0.0747. The Hall–Kier alpha value is -0.870. The van der Waals surface area contributed by atoms with E-state index in [-0.39, 0.29) is 12.1 Å². The van der Waals surface area contributed by atoms with Crippen molar-refractivity contribution in [2.75, 3.05) is 6.54 Å². The van der Waals surface area contributed by atoms with Crippen molar-refractivity contribution in [3.63, 3.8) is 0 Å². The summed E-state index contributed by atoms with van der Waals surface area (Å²) in [7, 11) is 0. The first-order valence-corrected chi connectivity index (χ1v) is 5.35. The van der Waals surface area contributed by atoms with Crippen molar-refractivity contribution in [3.05, 3.63) is 18.5 Å². The summed E-state index contributed by atoms with van der Waals surface area (Å²) in [5.41, 5.74) is -0.669. The molecule has 0 bridgehead atoms. The van der Waals surface area contributed by atoms with Crippen LogP contribution in [0.3, 0.4) is 0 Å². The van der Waals surface area contributed by atoms with E-state index in [0.29, 0.717) is 6.54 Å². The monoisotopic (exact) mass is 211 g/mol. The number of rotatable bonds is 5. The molecule has 0 unspecified atom stereocenters. The largest absolute Gasteiger partial charge is 0.389 e. The Balaban J connectivity index is 2.44. The van der Waals surface area contributed by atoms with Crippen LogP contribution in [0.2, 0.25) is 0 Å². The van der Waals surface area contributed by atoms with Gasteiger partial charge in [-0.3, -0.25) is 4.68 Å². The van der Waals surface area contributed by atoms with E-state index < -0.39 is 5.60 Å². The maximum absolute atomic E-state index is 9.59. The summed E-state index contributed by atoms with van der Waals surface area (Å²) in [6.45, 7) is 8.38. The molecule has 0 aliphatic rings. The number of hydrogen-bond acceptors (Lipinski definition) is 3. The van der Waals surface area contributed by atoms with Gasteiger partial charge in [0.1, 0.15) is 0 Å². The second kappa shape index (κ2) is 4.77. The van der Waals surface area contributed by atoms with Gasteiger partial charge in [-0.1, -0.05) is 0 Å². The molecule has 4 heteroatoms. The summed E-state index contributed by atoms with van der Waals surface area (Å²) in [6.07, 6.45) is 3.73. The third kappa shape index (κ3) is 4.01. The fraction of sp³-hybridized carbons (Fsp3) is 0.727. The highest BCUT2D eigenvalue weighted by Crippen LogP contribution is 2.09. The van der Waals surface area contributed by atoms with Crippen LogP contribution in [-0.4, -0.2) is 33.1 Å². The Kier molecular flexibility index (Phi) is 3.88. The van der Waals surface area contributed by atoms with Crippen molar-refractivity contribution in [2.45, 2.75) is 45.4 Å². The molecule has 0 radical (unpaired) electrons. The number of aromatic nitrogens is 2. The quantitative estimate of drug-likeness (QED) is 0.769. The van der Waals surface area contributed by atoms with Crippen LogP contribution >= 0.6 is 0 Å². The number of nitrogens with one attached hydrogen (secondary N) is 1. The van der Waals surface area contributed by atoms with E-state index in [4.69, 9.17) is 0 Å². The first-order chi connectivity index (χ1) is 6.90. The minimum Gasteiger partial charge on any atom is -0.389 e. The minimum absolute atomic E-state index is 0.274. The van der Waals surface area contributed by atoms with Gasteiger partial charge in [-0.25, -0.2) is 0 Å². The summed E-state index contributed by atoms with van der Waals surface area (Å²) in [5.74, 6) is 0. The van der Waals surface area contributed by atoms with Crippen molar-refractivity contribution < 1.29 is 5.11 Å². The van der Waals surface area contributed by atoms with Gasteiger partial charge in [-0.15, -0.1) is 0 Å². The lowest BCUT2D eigenvalue weighted by Crippen LogP contribution is -2.42. The molecule has 1 heterocycles. The first-order valence-electron chi connectivity index (χ1n) is 5.35. The highest BCUT2D eigenvalue weighted by atomic mass is 16.3. The summed E-state index contributed by atoms with van der Waals surface area (Å²) >= 11 is 0. The van der Waals surface area contributed by atoms with Crippen LogP contribution in [0.1, 0.15) is 33.7 Å². The van der Waals surface area contributed by atoms with Gasteiger partial charge in [0.05, 0.1) is 11.6 Å². The van der Waals surface area contributed by atoms with E-state index in [0.717, 1.165) is 0 Å². The molecule has 0 aromatic carbocycles. The fourth-order valence-electron chi connectivity index (χ4n) is 1.33. The Bertz CT molecular complexity index is 277. The van der Waals surface area contributed by atoms with Crippen LogP contribution < -0.4 is 5.32 Å². The summed E-state index contributed by atoms with van der Waals surface area (Å²) in [4.78, 5) is 0. The molecule has 0 saturated carbocycles. The van der Waals surface area contributed by atoms with E-state index in [2.05, 4.69) is 24.3 Å². The van der Waals surface area contributed by atoms with Gasteiger partial charge in [0.15, 0.2) is 0 Å². The van der Waals surface area contributed by atoms with Gasteiger partial charge >= 0.3 is 0 Å². The zero-order valence-electron chi connectivity index (χ0n) is 9.94. The van der Waals surface area contributed by atoms with E-state index in [1.807, 2.05) is 16.9 Å². The van der Waals surface area contributed by atoms with Gasteiger partial charge in [0, 0.05) is 25.0 Å². The molecule has 4 nitrogen and oxygen atoms in total. The molecule has 2 atom stereocenters. The van der Waals surface area contributed by atoms with Crippen molar-refractivity contribution in [2.24, 2.45) is 0 Å². The zero-order chi connectivity index (χ0) is 11.5. The third-order valence-corrected chi connectivity index (χ3v) is 2.52. The molecule has 1 aromatic heterocycles. The predicted molar refractivity (Wildman–Crippen MR) is 60.7 cm³/mol. The molecule has 0 saturated heterocycles. The van der Waals surface area contributed by atoms with Crippen LogP contribution in [0.4, 0.5) is 0 Å². The molecule has 1 aromatic rings. The van der Waals surface area contributed by atoms with Crippen molar-refractivity contribution in [1.29, 1.82) is 0 Å². The zero-order valence-corrected chi connectivity index (χ0v) is 9.94. The molecule has 0 aliphatic heterocycles. The molecule has 0 amide bonds. The molecule has 0 spiro atoms. The second-order valence-electron chi connectivity index (χ2n) is 4.71. The van der Waals surface area contributed by atoms with Gasteiger partial charge in [0.2, 0.25) is 0 Å². The Morgan fingerprint density at radius 3 is 2.60 bits per heavy atom. The minimum atomic E-state index is -0.669. The smallest absolute Gasteiger partial charge is 0.0715 e. The Labute approximate surface area is 91.3 Å². The third-order valence-electron chi connectivity index (χ3n) is 2.52. The van der Waals surface area contributed by atoms with Crippen LogP contribution in [0.15, 0.2) is 18.5 Å². The lowest BCUT2D eigenvalue weighted by Gasteiger charge is -2.25. The van der Waals surface area contributed by atoms with E-state index in [1.54, 1.807) is 20.0 Å². The molecular formula is C11H21N3O. The summed E-state index contributed by atoms with van der Waals surface area (Å²) < 4.78 is 1.92. The topological polar surface area (TPSA) is 50.1 Å². The highest BCUT2D eigenvalue weighted by Gasteiger charge is 2.18. The standard InChI is InChI=1S/C11H21N3O/c1-9(12-8-11(3,4)15)10(2)14-7-5-6-13-14/h5-7,9-10,12,15H,8H2,1-4H3/t9-,10-/m1/s1. The second-order valence-corrected chi connectivity index (χ2v) is 4.71. The number of aliphatic hydroxyl groups is 1. The predicted octanol–water partition coefficient (Wildman–Crippen LogP) is 1.19. The maximum Gasteiger partial charge on any atom is 0.0715 e. The van der Waals surface area contributed by atoms with Gasteiger partial charge in [-0.05, 0) is 33.8 Å². The van der Waals surface area contributed by atoms with Gasteiger partial charge < -0.3 is 10.4 Å². The Morgan fingerprint density at radius 2 is 2.13 bits per heavy atom. The van der Waals surface area contributed by atoms with Gasteiger partial charge in [0.25, 0.3) is 0 Å². The van der Waals surface area contributed by atoms with Crippen LogP contribution in [0, 0.1) is 0 Å². The van der Waals surface area contributed by atoms with E-state index in [9.17, 15) is 5.11 Å². The van der Waals surface area contributed by atoms with Crippen LogP contribution in [0.25, 0.3) is 0 Å². The summed E-state index contributed by atoms with van der Waals surface area (Å²) in [6, 6.07) is 2.47. The fourth-order valence-corrected chi connectivity index (χ4v) is 1.33. The average Bonchev–Trinajstić information content (AvgIpc) is 2.64. The molecule has 0 aliphatic carbocycles. The van der Waals surface area contributed by atoms with E-state index >= 15 is 0 Å². The SMILES string of the molecule is C[C@H]([C@@H](C)NCC(C)(C)O)n1cccn1. The Morgan fingerprint density at radius 1 is 1.47 bits per heavy atom. The highest BCUT2D eigenvalue weighted by molar-refractivity contribution is 4.84. The number of nitrogens with zero attached hydrogens (tertiary/aromatic N) is 2. The van der Waals surface area contributed by atoms with Crippen molar-refractivity contribution in [1.82, 2.24) is 15.1 Å².